The fourth-order valence-corrected chi connectivity index (χ4v) is 1.72. The van der Waals surface area contributed by atoms with Crippen LogP contribution >= 0.6 is 11.6 Å². The molecule has 0 saturated carbocycles. The number of aromatic nitrogens is 1. The van der Waals surface area contributed by atoms with Crippen molar-refractivity contribution in [2.24, 2.45) is 5.92 Å². The van der Waals surface area contributed by atoms with E-state index in [0.29, 0.717) is 0 Å². The highest BCUT2D eigenvalue weighted by atomic mass is 35.5. The summed E-state index contributed by atoms with van der Waals surface area (Å²) in [6.45, 7) is 2.19. The van der Waals surface area contributed by atoms with Gasteiger partial charge in [0, 0.05) is 17.8 Å². The fraction of sp³-hybridized carbons (Fsp3) is 0.500. The summed E-state index contributed by atoms with van der Waals surface area (Å²) < 4.78 is 37.4. The lowest BCUT2D eigenvalue weighted by Crippen LogP contribution is -2.41. The number of carbonyl (C=O) groups is 1. The normalized spacial score (nSPS) is 11.7. The summed E-state index contributed by atoms with van der Waals surface area (Å²) in [4.78, 5) is 16.5. The third-order valence-electron chi connectivity index (χ3n) is 2.18. The van der Waals surface area contributed by atoms with Gasteiger partial charge in [0.25, 0.3) is 5.91 Å². The summed E-state index contributed by atoms with van der Waals surface area (Å²) in [5.74, 6) is -0.848. The Kier molecular flexibility index (Phi) is 5.17. The summed E-state index contributed by atoms with van der Waals surface area (Å²) in [7, 11) is 0. The number of alkyl halides is 3. The van der Waals surface area contributed by atoms with E-state index in [1.807, 2.05) is 0 Å². The summed E-state index contributed by atoms with van der Waals surface area (Å²) in [5, 5.41) is 0.259. The lowest BCUT2D eigenvalue weighted by atomic mass is 10.2. The van der Waals surface area contributed by atoms with Gasteiger partial charge in [0.05, 0.1) is 0 Å². The number of hydrogen-bond acceptors (Lipinski definition) is 2. The minimum absolute atomic E-state index is 0.00648. The molecule has 0 aliphatic rings. The van der Waals surface area contributed by atoms with Crippen LogP contribution in [0.15, 0.2) is 18.3 Å². The van der Waals surface area contributed by atoms with E-state index in [-0.39, 0.29) is 23.2 Å². The molecule has 0 unspecified atom stereocenters. The Bertz CT molecular complexity index is 449. The third-order valence-corrected chi connectivity index (χ3v) is 2.42. The molecule has 0 aliphatic heterocycles. The van der Waals surface area contributed by atoms with Crippen LogP contribution < -0.4 is 0 Å². The van der Waals surface area contributed by atoms with Gasteiger partial charge in [-0.05, 0) is 18.1 Å². The number of rotatable bonds is 4. The summed E-state index contributed by atoms with van der Waals surface area (Å²) in [6.07, 6.45) is -3.15. The molecule has 1 aromatic rings. The highest BCUT2D eigenvalue weighted by molar-refractivity contribution is 6.30. The van der Waals surface area contributed by atoms with Crippen molar-refractivity contribution < 1.29 is 18.0 Å². The minimum atomic E-state index is -4.44. The quantitative estimate of drug-likeness (QED) is 0.853. The van der Waals surface area contributed by atoms with Gasteiger partial charge in [-0.1, -0.05) is 25.4 Å². The van der Waals surface area contributed by atoms with Gasteiger partial charge in [-0.15, -0.1) is 0 Å². The molecule has 0 N–H and O–H groups in total. The first-order valence-electron chi connectivity index (χ1n) is 5.66. The van der Waals surface area contributed by atoms with Crippen LogP contribution in [0.25, 0.3) is 0 Å². The maximum absolute atomic E-state index is 12.5. The van der Waals surface area contributed by atoms with Gasteiger partial charge in [-0.2, -0.15) is 13.2 Å². The molecule has 0 radical (unpaired) electrons. The molecule has 0 fully saturated rings. The maximum atomic E-state index is 12.5. The van der Waals surface area contributed by atoms with Crippen molar-refractivity contribution in [3.05, 3.63) is 29.0 Å². The molecule has 0 bridgehead atoms. The highest BCUT2D eigenvalue weighted by Crippen LogP contribution is 2.19. The fourth-order valence-electron chi connectivity index (χ4n) is 1.56. The SMILES string of the molecule is CC(C)CN(CC(F)(F)F)C(=O)c1cc(Cl)ccn1. The van der Waals surface area contributed by atoms with E-state index in [2.05, 4.69) is 4.98 Å². The van der Waals surface area contributed by atoms with Crippen LogP contribution in [-0.4, -0.2) is 35.1 Å². The van der Waals surface area contributed by atoms with Crippen molar-refractivity contribution in [1.82, 2.24) is 9.88 Å². The topological polar surface area (TPSA) is 33.2 Å². The number of pyridine rings is 1. The smallest absolute Gasteiger partial charge is 0.328 e. The summed E-state index contributed by atoms with van der Waals surface area (Å²) >= 11 is 5.70. The van der Waals surface area contributed by atoms with E-state index in [0.717, 1.165) is 4.90 Å². The van der Waals surface area contributed by atoms with Crippen LogP contribution in [0.5, 0.6) is 0 Å². The molecule has 1 heterocycles. The number of nitrogens with zero attached hydrogens (tertiary/aromatic N) is 2. The minimum Gasteiger partial charge on any atom is -0.328 e. The number of carbonyl (C=O) groups excluding carboxylic acids is 1. The average Bonchev–Trinajstić information content (AvgIpc) is 2.24. The van der Waals surface area contributed by atoms with Crippen molar-refractivity contribution in [3.8, 4) is 0 Å². The van der Waals surface area contributed by atoms with Crippen molar-refractivity contribution in [2.75, 3.05) is 13.1 Å². The summed E-state index contributed by atoms with van der Waals surface area (Å²) in [5.41, 5.74) is -0.0857. The number of hydrogen-bond donors (Lipinski definition) is 0. The molecule has 0 spiro atoms. The Morgan fingerprint density at radius 1 is 1.47 bits per heavy atom. The molecule has 1 amide bonds. The van der Waals surface area contributed by atoms with Gasteiger partial charge in [0.15, 0.2) is 0 Å². The molecule has 1 aromatic heterocycles. The van der Waals surface area contributed by atoms with Crippen LogP contribution in [0.2, 0.25) is 5.02 Å². The molecule has 0 atom stereocenters. The van der Waals surface area contributed by atoms with E-state index in [4.69, 9.17) is 11.6 Å². The number of amides is 1. The van der Waals surface area contributed by atoms with Crippen LogP contribution in [-0.2, 0) is 0 Å². The second kappa shape index (κ2) is 6.23. The summed E-state index contributed by atoms with van der Waals surface area (Å²) in [6, 6.07) is 2.71. The van der Waals surface area contributed by atoms with Gasteiger partial charge >= 0.3 is 6.18 Å². The van der Waals surface area contributed by atoms with Crippen molar-refractivity contribution in [1.29, 1.82) is 0 Å². The Morgan fingerprint density at radius 3 is 2.58 bits per heavy atom. The van der Waals surface area contributed by atoms with Gasteiger partial charge in [-0.3, -0.25) is 9.78 Å². The standard InChI is InChI=1S/C12H14ClF3N2O/c1-8(2)6-18(7-12(14,15)16)11(19)10-5-9(13)3-4-17-10/h3-5,8H,6-7H2,1-2H3. The second-order valence-corrected chi connectivity index (χ2v) is 4.99. The van der Waals surface area contributed by atoms with E-state index in [9.17, 15) is 18.0 Å². The Hall–Kier alpha value is -1.30. The predicted octanol–water partition coefficient (Wildman–Crippen LogP) is 3.40. The van der Waals surface area contributed by atoms with Gasteiger partial charge in [0.2, 0.25) is 0 Å². The average molecular weight is 295 g/mol. The predicted molar refractivity (Wildman–Crippen MR) is 66.0 cm³/mol. The Balaban J connectivity index is 2.93. The van der Waals surface area contributed by atoms with Crippen LogP contribution in [0.3, 0.4) is 0 Å². The molecule has 0 aliphatic carbocycles. The van der Waals surface area contributed by atoms with Crippen LogP contribution in [0, 0.1) is 5.92 Å². The molecule has 0 saturated heterocycles. The third kappa shape index (κ3) is 5.46. The highest BCUT2D eigenvalue weighted by Gasteiger charge is 2.33. The molecular formula is C12H14ClF3N2O. The van der Waals surface area contributed by atoms with E-state index >= 15 is 0 Å². The van der Waals surface area contributed by atoms with Gasteiger partial charge < -0.3 is 4.90 Å². The van der Waals surface area contributed by atoms with E-state index < -0.39 is 18.6 Å². The van der Waals surface area contributed by atoms with Crippen molar-refractivity contribution >= 4 is 17.5 Å². The number of halogens is 4. The molecule has 106 valence electrons. The van der Waals surface area contributed by atoms with Gasteiger partial charge in [0.1, 0.15) is 12.2 Å². The Labute approximate surface area is 114 Å². The first-order chi connectivity index (χ1) is 8.69. The van der Waals surface area contributed by atoms with Crippen molar-refractivity contribution in [2.45, 2.75) is 20.0 Å². The largest absolute Gasteiger partial charge is 0.406 e. The zero-order chi connectivity index (χ0) is 14.6. The maximum Gasteiger partial charge on any atom is 0.406 e. The molecule has 7 heteroatoms. The van der Waals surface area contributed by atoms with Crippen LogP contribution in [0.4, 0.5) is 13.2 Å². The second-order valence-electron chi connectivity index (χ2n) is 4.55. The zero-order valence-corrected chi connectivity index (χ0v) is 11.3. The molecular weight excluding hydrogens is 281 g/mol. The first kappa shape index (κ1) is 15.8. The van der Waals surface area contributed by atoms with Crippen molar-refractivity contribution in [3.63, 3.8) is 0 Å². The monoisotopic (exact) mass is 294 g/mol. The molecule has 3 nitrogen and oxygen atoms in total. The van der Waals surface area contributed by atoms with Crippen LogP contribution in [0.1, 0.15) is 24.3 Å². The molecule has 19 heavy (non-hydrogen) atoms. The Morgan fingerprint density at radius 2 is 2.11 bits per heavy atom. The first-order valence-corrected chi connectivity index (χ1v) is 6.04. The lowest BCUT2D eigenvalue weighted by molar-refractivity contribution is -0.141. The zero-order valence-electron chi connectivity index (χ0n) is 10.5. The molecule has 0 aromatic carbocycles. The van der Waals surface area contributed by atoms with E-state index in [1.165, 1.54) is 18.3 Å². The van der Waals surface area contributed by atoms with Gasteiger partial charge in [-0.25, -0.2) is 0 Å². The van der Waals surface area contributed by atoms with E-state index in [1.54, 1.807) is 13.8 Å². The lowest BCUT2D eigenvalue weighted by Gasteiger charge is -2.25. The molecule has 1 rings (SSSR count).